The molecule has 1 aromatic carbocycles. The summed E-state index contributed by atoms with van der Waals surface area (Å²) in [5, 5.41) is 8.27. The van der Waals surface area contributed by atoms with E-state index in [1.807, 2.05) is 16.8 Å². The van der Waals surface area contributed by atoms with E-state index in [-0.39, 0.29) is 12.4 Å². The van der Waals surface area contributed by atoms with E-state index in [0.29, 0.717) is 5.92 Å². The zero-order chi connectivity index (χ0) is 16.4. The topological polar surface area (TPSA) is 42.2 Å². The van der Waals surface area contributed by atoms with E-state index >= 15 is 0 Å². The van der Waals surface area contributed by atoms with Crippen LogP contribution in [0, 0.1) is 6.92 Å². The molecule has 0 aliphatic carbocycles. The first-order valence-electron chi connectivity index (χ1n) is 8.61. The number of halogens is 1. The van der Waals surface area contributed by atoms with Gasteiger partial charge in [-0.05, 0) is 44.0 Å². The first-order valence-corrected chi connectivity index (χ1v) is 8.61. The fourth-order valence-corrected chi connectivity index (χ4v) is 3.44. The van der Waals surface area contributed by atoms with E-state index in [2.05, 4.69) is 59.7 Å². The van der Waals surface area contributed by atoms with Crippen molar-refractivity contribution in [3.05, 3.63) is 65.1 Å². The largest absolute Gasteiger partial charge is 0.316 e. The van der Waals surface area contributed by atoms with Crippen molar-refractivity contribution in [3.63, 3.8) is 0 Å². The lowest BCUT2D eigenvalue weighted by Crippen LogP contribution is -2.29. The Labute approximate surface area is 154 Å². The Kier molecular flexibility index (Phi) is 5.51. The Morgan fingerprint density at radius 2 is 2.00 bits per heavy atom. The zero-order valence-electron chi connectivity index (χ0n) is 14.4. The summed E-state index contributed by atoms with van der Waals surface area (Å²) in [6.07, 6.45) is 8.60. The smallest absolute Gasteiger partial charge is 0.162 e. The molecule has 5 heteroatoms. The second-order valence-electron chi connectivity index (χ2n) is 6.39. The highest BCUT2D eigenvalue weighted by Crippen LogP contribution is 2.25. The molecule has 2 aromatic heterocycles. The van der Waals surface area contributed by atoms with Crippen LogP contribution in [0.3, 0.4) is 0 Å². The summed E-state index contributed by atoms with van der Waals surface area (Å²) >= 11 is 0. The SMILES string of the molecule is Cc1nn2c(C3CCCNC3)ccnc2c1C=Cc1ccccc1.Cl. The van der Waals surface area contributed by atoms with Gasteiger partial charge in [-0.1, -0.05) is 36.4 Å². The van der Waals surface area contributed by atoms with Gasteiger partial charge in [-0.25, -0.2) is 9.50 Å². The fourth-order valence-electron chi connectivity index (χ4n) is 3.44. The van der Waals surface area contributed by atoms with Crippen LogP contribution in [0.1, 0.15) is 41.3 Å². The van der Waals surface area contributed by atoms with Gasteiger partial charge in [0.05, 0.1) is 11.4 Å². The number of piperidine rings is 1. The number of benzene rings is 1. The predicted molar refractivity (Wildman–Crippen MR) is 105 cm³/mol. The quantitative estimate of drug-likeness (QED) is 0.770. The normalized spacial score (nSPS) is 17.7. The average Bonchev–Trinajstić information content (AvgIpc) is 2.97. The van der Waals surface area contributed by atoms with Crippen LogP contribution in [0.15, 0.2) is 42.6 Å². The summed E-state index contributed by atoms with van der Waals surface area (Å²) in [5.74, 6) is 0.509. The number of aryl methyl sites for hydroxylation is 1. The molecule has 1 atom stereocenters. The summed E-state index contributed by atoms with van der Waals surface area (Å²) in [6, 6.07) is 12.4. The molecular formula is C20H23ClN4. The maximum Gasteiger partial charge on any atom is 0.162 e. The van der Waals surface area contributed by atoms with Gasteiger partial charge in [-0.3, -0.25) is 0 Å². The van der Waals surface area contributed by atoms with Gasteiger partial charge in [0, 0.05) is 24.2 Å². The van der Waals surface area contributed by atoms with Gasteiger partial charge in [0.2, 0.25) is 0 Å². The summed E-state index contributed by atoms with van der Waals surface area (Å²) in [6.45, 7) is 4.20. The van der Waals surface area contributed by atoms with Gasteiger partial charge >= 0.3 is 0 Å². The lowest BCUT2D eigenvalue weighted by atomic mass is 9.96. The number of nitrogens with one attached hydrogen (secondary N) is 1. The Bertz CT molecular complexity index is 864. The van der Waals surface area contributed by atoms with E-state index in [4.69, 9.17) is 5.10 Å². The highest BCUT2D eigenvalue weighted by atomic mass is 35.5. The highest BCUT2D eigenvalue weighted by molar-refractivity contribution is 5.85. The first-order chi connectivity index (χ1) is 11.8. The molecule has 4 nitrogen and oxygen atoms in total. The second kappa shape index (κ2) is 7.81. The molecule has 1 unspecified atom stereocenters. The van der Waals surface area contributed by atoms with Crippen LogP contribution >= 0.6 is 12.4 Å². The number of fused-ring (bicyclic) bond motifs is 1. The lowest BCUT2D eigenvalue weighted by Gasteiger charge is -2.23. The monoisotopic (exact) mass is 354 g/mol. The maximum atomic E-state index is 4.78. The Morgan fingerprint density at radius 1 is 1.16 bits per heavy atom. The number of hydrogen-bond donors (Lipinski definition) is 1. The molecule has 0 spiro atoms. The van der Waals surface area contributed by atoms with Crippen LogP contribution in [0.4, 0.5) is 0 Å². The van der Waals surface area contributed by atoms with E-state index in [1.165, 1.54) is 24.1 Å². The molecule has 4 rings (SSSR count). The lowest BCUT2D eigenvalue weighted by molar-refractivity contribution is 0.448. The van der Waals surface area contributed by atoms with Crippen molar-refractivity contribution in [2.75, 3.05) is 13.1 Å². The summed E-state index contributed by atoms with van der Waals surface area (Å²) in [5.41, 5.74) is 5.51. The molecule has 1 fully saturated rings. The molecule has 1 N–H and O–H groups in total. The molecule has 3 heterocycles. The van der Waals surface area contributed by atoms with Crippen molar-refractivity contribution in [2.45, 2.75) is 25.7 Å². The first kappa shape index (κ1) is 17.6. The van der Waals surface area contributed by atoms with Crippen LogP contribution in [0.25, 0.3) is 17.8 Å². The molecule has 1 aliphatic rings. The minimum absolute atomic E-state index is 0. The Balaban J connectivity index is 0.00000182. The Hall–Kier alpha value is -2.17. The van der Waals surface area contributed by atoms with Crippen molar-refractivity contribution in [1.29, 1.82) is 0 Å². The third-order valence-corrected chi connectivity index (χ3v) is 4.73. The van der Waals surface area contributed by atoms with Gasteiger partial charge in [-0.2, -0.15) is 5.10 Å². The molecule has 0 saturated carbocycles. The van der Waals surface area contributed by atoms with E-state index in [9.17, 15) is 0 Å². The molecular weight excluding hydrogens is 332 g/mol. The van der Waals surface area contributed by atoms with Crippen LogP contribution < -0.4 is 5.32 Å². The Morgan fingerprint density at radius 3 is 2.76 bits per heavy atom. The van der Waals surface area contributed by atoms with Crippen molar-refractivity contribution in [1.82, 2.24) is 19.9 Å². The minimum atomic E-state index is 0. The highest BCUT2D eigenvalue weighted by Gasteiger charge is 2.20. The van der Waals surface area contributed by atoms with Crippen LogP contribution in [-0.4, -0.2) is 27.7 Å². The summed E-state index contributed by atoms with van der Waals surface area (Å²) in [4.78, 5) is 4.60. The number of rotatable bonds is 3. The minimum Gasteiger partial charge on any atom is -0.316 e. The third-order valence-electron chi connectivity index (χ3n) is 4.73. The van der Waals surface area contributed by atoms with Gasteiger partial charge in [0.1, 0.15) is 0 Å². The number of hydrogen-bond acceptors (Lipinski definition) is 3. The van der Waals surface area contributed by atoms with E-state index < -0.39 is 0 Å². The molecule has 3 aromatic rings. The molecule has 0 radical (unpaired) electrons. The average molecular weight is 355 g/mol. The second-order valence-corrected chi connectivity index (χ2v) is 6.39. The maximum absolute atomic E-state index is 4.78. The summed E-state index contributed by atoms with van der Waals surface area (Å²) in [7, 11) is 0. The van der Waals surface area contributed by atoms with Crippen LogP contribution in [0.5, 0.6) is 0 Å². The number of aromatic nitrogens is 3. The molecule has 0 bridgehead atoms. The predicted octanol–water partition coefficient (Wildman–Crippen LogP) is 4.10. The van der Waals surface area contributed by atoms with E-state index in [0.717, 1.165) is 30.0 Å². The van der Waals surface area contributed by atoms with Crippen molar-refractivity contribution >= 4 is 30.2 Å². The van der Waals surface area contributed by atoms with Crippen molar-refractivity contribution in [3.8, 4) is 0 Å². The molecule has 25 heavy (non-hydrogen) atoms. The van der Waals surface area contributed by atoms with Crippen molar-refractivity contribution in [2.24, 2.45) is 0 Å². The van der Waals surface area contributed by atoms with Gasteiger partial charge < -0.3 is 5.32 Å². The van der Waals surface area contributed by atoms with E-state index in [1.54, 1.807) is 0 Å². The standard InChI is InChI=1S/C20H22N4.ClH/c1-15-18(10-9-16-6-3-2-4-7-16)20-22-13-11-19(24(20)23-15)17-8-5-12-21-14-17;/h2-4,6-7,9-11,13,17,21H,5,8,12,14H2,1H3;1H. The molecule has 0 amide bonds. The van der Waals surface area contributed by atoms with Crippen LogP contribution in [-0.2, 0) is 0 Å². The number of nitrogens with zero attached hydrogens (tertiary/aromatic N) is 3. The fraction of sp³-hybridized carbons (Fsp3) is 0.300. The van der Waals surface area contributed by atoms with Gasteiger partial charge in [0.15, 0.2) is 5.65 Å². The van der Waals surface area contributed by atoms with Gasteiger partial charge in [-0.15, -0.1) is 12.4 Å². The molecule has 1 aliphatic heterocycles. The third kappa shape index (κ3) is 3.60. The van der Waals surface area contributed by atoms with Crippen LogP contribution in [0.2, 0.25) is 0 Å². The van der Waals surface area contributed by atoms with Crippen molar-refractivity contribution < 1.29 is 0 Å². The molecule has 130 valence electrons. The van der Waals surface area contributed by atoms with Gasteiger partial charge in [0.25, 0.3) is 0 Å². The summed E-state index contributed by atoms with van der Waals surface area (Å²) < 4.78 is 2.04. The molecule has 1 saturated heterocycles. The zero-order valence-corrected chi connectivity index (χ0v) is 15.2.